The fraction of sp³-hybridized carbons (Fsp3) is 0.600. The van der Waals surface area contributed by atoms with Crippen LogP contribution in [0.2, 0.25) is 10.3 Å². The second-order valence-electron chi connectivity index (χ2n) is 11.5. The van der Waals surface area contributed by atoms with Gasteiger partial charge in [-0.25, -0.2) is 19.6 Å². The largest absolute Gasteiger partial charge is 0.471 e. The van der Waals surface area contributed by atoms with E-state index >= 15 is 0 Å². The van der Waals surface area contributed by atoms with E-state index in [1.165, 1.54) is 11.9 Å². The van der Waals surface area contributed by atoms with Gasteiger partial charge in [0.25, 0.3) is 11.1 Å². The van der Waals surface area contributed by atoms with Gasteiger partial charge in [0.2, 0.25) is 11.4 Å². The van der Waals surface area contributed by atoms with Gasteiger partial charge < -0.3 is 34.1 Å². The Hall–Kier alpha value is -4.54. The summed E-state index contributed by atoms with van der Waals surface area (Å²) in [6.45, 7) is 2.99. The molecule has 2 amide bonds. The molecule has 2 aromatic heterocycles. The molecule has 1 N–H and O–H groups in total. The second-order valence-corrected chi connectivity index (χ2v) is 12.2. The second kappa shape index (κ2) is 19.4. The number of H-pyrrole nitrogens is 1. The summed E-state index contributed by atoms with van der Waals surface area (Å²) in [6.07, 6.45) is -9.36. The summed E-state index contributed by atoms with van der Waals surface area (Å²) in [6, 6.07) is -1.45. The van der Waals surface area contributed by atoms with Crippen molar-refractivity contribution in [2.45, 2.75) is 58.6 Å². The molecular formula is C30H38BCl2F6N8O8. The van der Waals surface area contributed by atoms with Crippen molar-refractivity contribution in [2.24, 2.45) is 7.05 Å². The number of carbonyl (C=O) groups is 4. The zero-order chi connectivity index (χ0) is 40.2. The van der Waals surface area contributed by atoms with E-state index in [1.54, 1.807) is 18.7 Å². The predicted molar refractivity (Wildman–Crippen MR) is 188 cm³/mol. The van der Waals surface area contributed by atoms with Crippen LogP contribution in [-0.2, 0) is 26.1 Å². The molecule has 2 atom stereocenters. The van der Waals surface area contributed by atoms with Gasteiger partial charge in [-0.1, -0.05) is 44.5 Å². The van der Waals surface area contributed by atoms with Crippen molar-refractivity contribution < 1.29 is 55.0 Å². The number of nitrogens with zero attached hydrogens (tertiary/aromatic N) is 7. The van der Waals surface area contributed by atoms with Crippen molar-refractivity contribution >= 4 is 67.0 Å². The van der Waals surface area contributed by atoms with Gasteiger partial charge in [-0.2, -0.15) is 26.3 Å². The summed E-state index contributed by atoms with van der Waals surface area (Å²) >= 11 is 12.1. The van der Waals surface area contributed by atoms with Gasteiger partial charge in [0.15, 0.2) is 10.3 Å². The Labute approximate surface area is 322 Å². The molecule has 0 aromatic carbocycles. The first kappa shape index (κ1) is 48.5. The molecule has 2 fully saturated rings. The van der Waals surface area contributed by atoms with E-state index in [-0.39, 0.29) is 89.9 Å². The number of alkyl halides is 6. The maximum Gasteiger partial charge on any atom is 0.471 e. The molecule has 2 aliphatic heterocycles. The summed E-state index contributed by atoms with van der Waals surface area (Å²) in [7, 11) is 3.54. The first-order chi connectivity index (χ1) is 24.6. The quantitative estimate of drug-likeness (QED) is 0.256. The molecule has 55 heavy (non-hydrogen) atoms. The summed E-state index contributed by atoms with van der Waals surface area (Å²) in [5.74, 6) is -5.48. The average Bonchev–Trinajstić information content (AvgIpc) is 3.11. The fourth-order valence-electron chi connectivity index (χ4n) is 5.69. The molecule has 16 nitrogen and oxygen atoms in total. The van der Waals surface area contributed by atoms with Crippen LogP contribution in [0.1, 0.15) is 55.1 Å². The number of piperazine rings is 2. The molecular weight excluding hydrogens is 796 g/mol. The average molecular weight is 834 g/mol. The third kappa shape index (κ3) is 10.8. The minimum Gasteiger partial charge on any atom is -0.464 e. The molecule has 0 spiro atoms. The van der Waals surface area contributed by atoms with E-state index < -0.39 is 70.7 Å². The third-order valence-corrected chi connectivity index (χ3v) is 8.88. The van der Waals surface area contributed by atoms with E-state index in [0.717, 1.165) is 28.6 Å². The van der Waals surface area contributed by atoms with Crippen LogP contribution in [0.25, 0.3) is 0 Å². The molecule has 0 aliphatic carbocycles. The fourth-order valence-corrected chi connectivity index (χ4v) is 6.27. The van der Waals surface area contributed by atoms with E-state index in [1.807, 2.05) is 0 Å². The lowest BCUT2D eigenvalue weighted by atomic mass is 10.1. The van der Waals surface area contributed by atoms with Crippen LogP contribution in [0.15, 0.2) is 9.59 Å². The lowest BCUT2D eigenvalue weighted by Crippen LogP contribution is -2.58. The number of hydrogen-bond acceptors (Lipinski definition) is 12. The summed E-state index contributed by atoms with van der Waals surface area (Å²) in [5.41, 5.74) is -2.60. The highest BCUT2D eigenvalue weighted by atomic mass is 35.5. The summed E-state index contributed by atoms with van der Waals surface area (Å²) in [4.78, 5) is 85.1. The lowest BCUT2D eigenvalue weighted by Gasteiger charge is -2.42. The zero-order valence-electron chi connectivity index (χ0n) is 29.3. The standard InChI is InChI=1S/C15H18ClF3N4O4.C14H16ClF3N4O4.CH4.B/c1-4-8-7-22(5-6-23(8)14(26)15(17,18)19)11-10(16)20-9(13(25)27-3)12(24)21(11)2;1-3-7-6-21(4-5-22(7)13(25)14(16,17)18)10-9(15)19-8(11(23)20-10)12(24)26-2;;/h8H,4-7H2,1-3H3;7H,3-6H2,1-2H3,(H,20,23);1H4;/t8-;7-;;/m00../s1. The van der Waals surface area contributed by atoms with Crippen LogP contribution in [0.3, 0.4) is 0 Å². The van der Waals surface area contributed by atoms with Crippen LogP contribution in [-0.4, -0.2) is 139 Å². The molecule has 4 rings (SSSR count). The smallest absolute Gasteiger partial charge is 0.464 e. The SMILES string of the molecule is C.CC[C@H]1CN(c2[nH]c(=O)c(C(=O)OC)nc2Cl)CCN1C(=O)C(F)(F)F.CC[C@H]1CN(c2c(Cl)nc(C(=O)OC)c(=O)n2C)CCN1C(=O)C(F)(F)F.[B]. The Kier molecular flexibility index (Phi) is 17.1. The van der Waals surface area contributed by atoms with Crippen LogP contribution in [0, 0.1) is 0 Å². The maximum absolute atomic E-state index is 12.8. The Morgan fingerprint density at radius 3 is 1.62 bits per heavy atom. The number of methoxy groups -OCH3 is 2. The summed E-state index contributed by atoms with van der Waals surface area (Å²) in [5, 5.41) is -0.363. The molecule has 25 heteroatoms. The molecule has 305 valence electrons. The highest BCUT2D eigenvalue weighted by molar-refractivity contribution is 6.32. The van der Waals surface area contributed by atoms with E-state index in [2.05, 4.69) is 24.4 Å². The van der Waals surface area contributed by atoms with E-state index in [0.29, 0.717) is 0 Å². The first-order valence-electron chi connectivity index (χ1n) is 15.6. The maximum atomic E-state index is 12.8. The molecule has 3 radical (unpaired) electrons. The van der Waals surface area contributed by atoms with Gasteiger partial charge in [0.05, 0.1) is 14.2 Å². The topological polar surface area (TPSA) is 180 Å². The van der Waals surface area contributed by atoms with E-state index in [9.17, 15) is 55.1 Å². The van der Waals surface area contributed by atoms with E-state index in [4.69, 9.17) is 23.2 Å². The Bertz CT molecular complexity index is 1850. The van der Waals surface area contributed by atoms with Gasteiger partial charge in [0, 0.05) is 66.8 Å². The van der Waals surface area contributed by atoms with Crippen molar-refractivity contribution in [2.75, 3.05) is 63.3 Å². The van der Waals surface area contributed by atoms with Crippen LogP contribution < -0.4 is 20.9 Å². The third-order valence-electron chi connectivity index (χ3n) is 8.36. The number of rotatable bonds is 6. The summed E-state index contributed by atoms with van der Waals surface area (Å²) < 4.78 is 86.4. The molecule has 0 saturated carbocycles. The van der Waals surface area contributed by atoms with Crippen LogP contribution in [0.4, 0.5) is 38.0 Å². The predicted octanol–water partition coefficient (Wildman–Crippen LogP) is 2.66. The van der Waals surface area contributed by atoms with Crippen LogP contribution >= 0.6 is 23.2 Å². The zero-order valence-corrected chi connectivity index (χ0v) is 30.8. The normalized spacial score (nSPS) is 17.3. The number of aromatic amines is 1. The number of anilines is 2. The number of carbonyl (C=O) groups excluding carboxylic acids is 4. The first-order valence-corrected chi connectivity index (χ1v) is 16.4. The molecule has 0 unspecified atom stereocenters. The van der Waals surface area contributed by atoms with Gasteiger partial charge >= 0.3 is 36.1 Å². The van der Waals surface area contributed by atoms with Gasteiger partial charge in [-0.3, -0.25) is 23.7 Å². The van der Waals surface area contributed by atoms with Gasteiger partial charge in [0.1, 0.15) is 11.6 Å². The van der Waals surface area contributed by atoms with Gasteiger partial charge in [-0.05, 0) is 12.8 Å². The molecule has 2 aliphatic rings. The van der Waals surface area contributed by atoms with Crippen molar-refractivity contribution in [3.05, 3.63) is 42.4 Å². The number of aromatic nitrogens is 4. The number of hydrogen-bond donors (Lipinski definition) is 1. The molecule has 0 bridgehead atoms. The molecule has 2 saturated heterocycles. The Balaban J connectivity index is 0.000000531. The van der Waals surface area contributed by atoms with Crippen molar-refractivity contribution in [3.8, 4) is 0 Å². The van der Waals surface area contributed by atoms with Gasteiger partial charge in [-0.15, -0.1) is 0 Å². The highest BCUT2D eigenvalue weighted by Crippen LogP contribution is 2.29. The molecule has 2 aromatic rings. The monoisotopic (exact) mass is 833 g/mol. The van der Waals surface area contributed by atoms with Crippen molar-refractivity contribution in [1.29, 1.82) is 0 Å². The minimum absolute atomic E-state index is 0. The number of nitrogens with one attached hydrogen (secondary N) is 1. The van der Waals surface area contributed by atoms with Crippen molar-refractivity contribution in [1.82, 2.24) is 29.3 Å². The number of amides is 2. The van der Waals surface area contributed by atoms with Crippen LogP contribution in [0.5, 0.6) is 0 Å². The number of halogens is 8. The molecule has 4 heterocycles. The number of esters is 2. The Morgan fingerprint density at radius 2 is 1.18 bits per heavy atom. The number of ether oxygens (including phenoxy) is 2. The highest BCUT2D eigenvalue weighted by Gasteiger charge is 2.47. The lowest BCUT2D eigenvalue weighted by molar-refractivity contribution is -0.188. The van der Waals surface area contributed by atoms with Crippen molar-refractivity contribution in [3.63, 3.8) is 0 Å². The Morgan fingerprint density at radius 1 is 0.764 bits per heavy atom. The minimum atomic E-state index is -4.95.